The van der Waals surface area contributed by atoms with Gasteiger partial charge in [-0.15, -0.1) is 0 Å². The molecule has 130 valence electrons. The molecular formula is C18H24N2O4. The van der Waals surface area contributed by atoms with Gasteiger partial charge in [0.2, 0.25) is 5.91 Å². The molecule has 0 spiro atoms. The van der Waals surface area contributed by atoms with Gasteiger partial charge in [0, 0.05) is 32.3 Å². The Balaban J connectivity index is 1.93. The number of carbonyl (C=O) groups is 2. The second kappa shape index (κ2) is 8.38. The van der Waals surface area contributed by atoms with Gasteiger partial charge in [0.05, 0.1) is 13.7 Å². The maximum absolute atomic E-state index is 12.4. The van der Waals surface area contributed by atoms with Crippen molar-refractivity contribution < 1.29 is 19.1 Å². The summed E-state index contributed by atoms with van der Waals surface area (Å²) in [6.45, 7) is 6.09. The van der Waals surface area contributed by atoms with E-state index >= 15 is 0 Å². The Morgan fingerprint density at radius 2 is 1.67 bits per heavy atom. The lowest BCUT2D eigenvalue weighted by molar-refractivity contribution is -0.127. The molecule has 0 radical (unpaired) electrons. The summed E-state index contributed by atoms with van der Waals surface area (Å²) in [5.41, 5.74) is 1.88. The number of ether oxygens (including phenoxy) is 2. The third-order valence-corrected chi connectivity index (χ3v) is 4.00. The van der Waals surface area contributed by atoms with Gasteiger partial charge in [-0.2, -0.15) is 0 Å². The highest BCUT2D eigenvalue weighted by Crippen LogP contribution is 2.18. The molecule has 0 unspecified atom stereocenters. The Hall–Kier alpha value is -2.50. The van der Waals surface area contributed by atoms with Gasteiger partial charge < -0.3 is 19.3 Å². The highest BCUT2D eigenvalue weighted by molar-refractivity contribution is 5.95. The normalized spacial score (nSPS) is 15.2. The fraction of sp³-hybridized carbons (Fsp3) is 0.444. The van der Waals surface area contributed by atoms with Crippen molar-refractivity contribution in [3.63, 3.8) is 0 Å². The third-order valence-electron chi connectivity index (χ3n) is 4.00. The highest BCUT2D eigenvalue weighted by Gasteiger charge is 2.23. The first-order valence-corrected chi connectivity index (χ1v) is 8.08. The summed E-state index contributed by atoms with van der Waals surface area (Å²) in [6, 6.07) is 7.60. The van der Waals surface area contributed by atoms with Crippen LogP contribution < -0.4 is 4.74 Å². The van der Waals surface area contributed by atoms with Crippen molar-refractivity contribution in [2.45, 2.75) is 13.8 Å². The summed E-state index contributed by atoms with van der Waals surface area (Å²) in [5.74, 6) is 0.750. The summed E-state index contributed by atoms with van der Waals surface area (Å²) in [4.78, 5) is 27.5. The largest absolute Gasteiger partial charge is 0.497 e. The van der Waals surface area contributed by atoms with E-state index in [-0.39, 0.29) is 12.0 Å². The Labute approximate surface area is 142 Å². The number of amides is 2. The van der Waals surface area contributed by atoms with Crippen molar-refractivity contribution in [2.24, 2.45) is 0 Å². The van der Waals surface area contributed by atoms with E-state index in [1.54, 1.807) is 29.9 Å². The standard InChI is InChI=1S/C18H24N2O4/c1-4-24-18(22)20-11-9-19(10-12-20)17(21)13-14(2)15-5-7-16(23-3)8-6-15/h5-8,13H,4,9-12H2,1-3H3/b14-13+. The zero-order chi connectivity index (χ0) is 17.5. The van der Waals surface area contributed by atoms with Gasteiger partial charge in [-0.05, 0) is 37.1 Å². The highest BCUT2D eigenvalue weighted by atomic mass is 16.6. The smallest absolute Gasteiger partial charge is 0.409 e. The number of rotatable bonds is 4. The molecule has 1 aliphatic rings. The van der Waals surface area contributed by atoms with Gasteiger partial charge in [-0.3, -0.25) is 4.79 Å². The number of benzene rings is 1. The Bertz CT molecular complexity index is 602. The van der Waals surface area contributed by atoms with Crippen LogP contribution in [-0.4, -0.2) is 61.7 Å². The minimum Gasteiger partial charge on any atom is -0.497 e. The molecule has 2 amide bonds. The minimum atomic E-state index is -0.311. The van der Waals surface area contributed by atoms with Crippen LogP contribution in [0.3, 0.4) is 0 Å². The van der Waals surface area contributed by atoms with E-state index in [1.165, 1.54) is 0 Å². The van der Waals surface area contributed by atoms with Crippen molar-refractivity contribution in [1.29, 1.82) is 0 Å². The fourth-order valence-corrected chi connectivity index (χ4v) is 2.54. The quantitative estimate of drug-likeness (QED) is 0.795. The van der Waals surface area contributed by atoms with Crippen LogP contribution in [0.2, 0.25) is 0 Å². The Kier molecular flexibility index (Phi) is 6.23. The number of hydrogen-bond acceptors (Lipinski definition) is 4. The van der Waals surface area contributed by atoms with Crippen molar-refractivity contribution >= 4 is 17.6 Å². The molecule has 1 heterocycles. The number of methoxy groups -OCH3 is 1. The van der Waals surface area contributed by atoms with Gasteiger partial charge in [0.15, 0.2) is 0 Å². The molecule has 1 fully saturated rings. The number of piperazine rings is 1. The maximum Gasteiger partial charge on any atom is 0.409 e. The molecule has 0 atom stereocenters. The van der Waals surface area contributed by atoms with Crippen molar-refractivity contribution in [1.82, 2.24) is 9.80 Å². The van der Waals surface area contributed by atoms with E-state index in [4.69, 9.17) is 9.47 Å². The third kappa shape index (κ3) is 4.50. The van der Waals surface area contributed by atoms with Crippen LogP contribution in [-0.2, 0) is 9.53 Å². The van der Waals surface area contributed by atoms with Gasteiger partial charge in [-0.1, -0.05) is 12.1 Å². The van der Waals surface area contributed by atoms with Crippen LogP contribution in [0.1, 0.15) is 19.4 Å². The Morgan fingerprint density at radius 3 is 2.21 bits per heavy atom. The predicted molar refractivity (Wildman–Crippen MR) is 91.8 cm³/mol. The van der Waals surface area contributed by atoms with Gasteiger partial charge in [-0.25, -0.2) is 4.79 Å². The average molecular weight is 332 g/mol. The molecule has 0 N–H and O–H groups in total. The maximum atomic E-state index is 12.4. The summed E-state index contributed by atoms with van der Waals surface area (Å²) in [5, 5.41) is 0. The zero-order valence-corrected chi connectivity index (χ0v) is 14.4. The number of carbonyl (C=O) groups excluding carboxylic acids is 2. The van der Waals surface area contributed by atoms with Crippen LogP contribution in [0.5, 0.6) is 5.75 Å². The summed E-state index contributed by atoms with van der Waals surface area (Å²) in [6.07, 6.45) is 1.33. The molecule has 0 aliphatic carbocycles. The van der Waals surface area contributed by atoms with Gasteiger partial charge >= 0.3 is 6.09 Å². The van der Waals surface area contributed by atoms with E-state index in [0.717, 1.165) is 16.9 Å². The van der Waals surface area contributed by atoms with E-state index in [0.29, 0.717) is 32.8 Å². The minimum absolute atomic E-state index is 0.0353. The molecule has 1 aromatic carbocycles. The molecule has 1 aliphatic heterocycles. The second-order valence-corrected chi connectivity index (χ2v) is 5.57. The first-order chi connectivity index (χ1) is 11.5. The SMILES string of the molecule is CCOC(=O)N1CCN(C(=O)/C=C(\C)c2ccc(OC)cc2)CC1. The lowest BCUT2D eigenvalue weighted by atomic mass is 10.1. The average Bonchev–Trinajstić information content (AvgIpc) is 2.62. The van der Waals surface area contributed by atoms with Crippen LogP contribution in [0.25, 0.3) is 5.57 Å². The topological polar surface area (TPSA) is 59.1 Å². The lowest BCUT2D eigenvalue weighted by Crippen LogP contribution is -2.50. The zero-order valence-electron chi connectivity index (χ0n) is 14.4. The van der Waals surface area contributed by atoms with Crippen molar-refractivity contribution in [3.8, 4) is 5.75 Å². The molecule has 0 aromatic heterocycles. The number of nitrogens with zero attached hydrogens (tertiary/aromatic N) is 2. The molecule has 1 aromatic rings. The molecular weight excluding hydrogens is 308 g/mol. The number of allylic oxidation sites excluding steroid dienone is 1. The summed E-state index contributed by atoms with van der Waals surface area (Å²) >= 11 is 0. The fourth-order valence-electron chi connectivity index (χ4n) is 2.54. The van der Waals surface area contributed by atoms with Crippen molar-refractivity contribution in [2.75, 3.05) is 39.9 Å². The monoisotopic (exact) mass is 332 g/mol. The molecule has 0 saturated carbocycles. The van der Waals surface area contributed by atoms with Crippen LogP contribution in [0.4, 0.5) is 4.79 Å². The first kappa shape index (κ1) is 17.8. The molecule has 6 nitrogen and oxygen atoms in total. The van der Waals surface area contributed by atoms with Crippen molar-refractivity contribution in [3.05, 3.63) is 35.9 Å². The van der Waals surface area contributed by atoms with Crippen LogP contribution in [0.15, 0.2) is 30.3 Å². The molecule has 24 heavy (non-hydrogen) atoms. The first-order valence-electron chi connectivity index (χ1n) is 8.08. The van der Waals surface area contributed by atoms with Crippen LogP contribution in [0, 0.1) is 0 Å². The second-order valence-electron chi connectivity index (χ2n) is 5.57. The van der Waals surface area contributed by atoms with Crippen LogP contribution >= 0.6 is 0 Å². The van der Waals surface area contributed by atoms with Gasteiger partial charge in [0.25, 0.3) is 0 Å². The Morgan fingerprint density at radius 1 is 1.08 bits per heavy atom. The molecule has 1 saturated heterocycles. The summed E-state index contributed by atoms with van der Waals surface area (Å²) in [7, 11) is 1.62. The van der Waals surface area contributed by atoms with E-state index in [9.17, 15) is 9.59 Å². The van der Waals surface area contributed by atoms with E-state index < -0.39 is 0 Å². The molecule has 6 heteroatoms. The predicted octanol–water partition coefficient (Wildman–Crippen LogP) is 2.40. The lowest BCUT2D eigenvalue weighted by Gasteiger charge is -2.33. The van der Waals surface area contributed by atoms with E-state index in [1.807, 2.05) is 31.2 Å². The van der Waals surface area contributed by atoms with E-state index in [2.05, 4.69) is 0 Å². The number of hydrogen-bond donors (Lipinski definition) is 0. The molecule has 0 bridgehead atoms. The molecule has 2 rings (SSSR count). The van der Waals surface area contributed by atoms with Gasteiger partial charge in [0.1, 0.15) is 5.75 Å². The summed E-state index contributed by atoms with van der Waals surface area (Å²) < 4.78 is 10.1.